The molecule has 0 saturated heterocycles. The minimum atomic E-state index is -0.171. The number of rotatable bonds is 5. The van der Waals surface area contributed by atoms with Gasteiger partial charge in [-0.25, -0.2) is 9.89 Å². The number of aromatic amines is 1. The lowest BCUT2D eigenvalue weighted by Crippen LogP contribution is -2.20. The SMILES string of the molecule is Cc1ccc(C(CN)Sc2n[nH]c(=O)n2C(C)C)s1. The van der Waals surface area contributed by atoms with E-state index in [-0.39, 0.29) is 17.0 Å². The Morgan fingerprint density at radius 1 is 1.53 bits per heavy atom. The third-order valence-electron chi connectivity index (χ3n) is 2.73. The summed E-state index contributed by atoms with van der Waals surface area (Å²) in [6.07, 6.45) is 0. The van der Waals surface area contributed by atoms with Gasteiger partial charge in [0.1, 0.15) is 0 Å². The normalized spacial score (nSPS) is 13.1. The molecule has 0 aromatic carbocycles. The zero-order chi connectivity index (χ0) is 14.0. The highest BCUT2D eigenvalue weighted by atomic mass is 32.2. The van der Waals surface area contributed by atoms with Crippen LogP contribution in [0, 0.1) is 6.92 Å². The van der Waals surface area contributed by atoms with Crippen molar-refractivity contribution in [3.63, 3.8) is 0 Å². The quantitative estimate of drug-likeness (QED) is 0.831. The standard InChI is InChI=1S/C12H18N4OS2/c1-7(2)16-11(17)14-15-12(16)19-10(6-13)9-5-4-8(3)18-9/h4-5,7,10H,6,13H2,1-3H3,(H,14,17). The zero-order valence-electron chi connectivity index (χ0n) is 11.2. The molecule has 0 aliphatic heterocycles. The number of nitrogens with one attached hydrogen (secondary N) is 1. The maximum Gasteiger partial charge on any atom is 0.344 e. The van der Waals surface area contributed by atoms with Gasteiger partial charge in [0.05, 0.1) is 5.25 Å². The van der Waals surface area contributed by atoms with Crippen LogP contribution >= 0.6 is 23.1 Å². The first-order valence-corrected chi connectivity index (χ1v) is 7.82. The second kappa shape index (κ2) is 5.94. The monoisotopic (exact) mass is 298 g/mol. The largest absolute Gasteiger partial charge is 0.344 e. The summed E-state index contributed by atoms with van der Waals surface area (Å²) in [5.74, 6) is 0. The molecule has 0 radical (unpaired) electrons. The molecule has 0 amide bonds. The third-order valence-corrected chi connectivity index (χ3v) is 5.22. The van der Waals surface area contributed by atoms with Crippen molar-refractivity contribution < 1.29 is 0 Å². The average Bonchev–Trinajstić information content (AvgIpc) is 2.92. The second-order valence-electron chi connectivity index (χ2n) is 4.57. The van der Waals surface area contributed by atoms with Crippen LogP contribution in [-0.4, -0.2) is 21.3 Å². The van der Waals surface area contributed by atoms with E-state index >= 15 is 0 Å². The summed E-state index contributed by atoms with van der Waals surface area (Å²) in [5.41, 5.74) is 5.68. The number of aromatic nitrogens is 3. The molecule has 7 heteroatoms. The maximum absolute atomic E-state index is 11.7. The second-order valence-corrected chi connectivity index (χ2v) is 7.06. The van der Waals surface area contributed by atoms with Crippen molar-refractivity contribution in [3.8, 4) is 0 Å². The van der Waals surface area contributed by atoms with Gasteiger partial charge in [0.25, 0.3) is 0 Å². The highest BCUT2D eigenvalue weighted by Gasteiger charge is 2.19. The van der Waals surface area contributed by atoms with Gasteiger partial charge in [0.2, 0.25) is 0 Å². The molecule has 2 aromatic rings. The molecule has 0 bridgehead atoms. The first-order chi connectivity index (χ1) is 9.02. The van der Waals surface area contributed by atoms with Crippen molar-refractivity contribution in [2.24, 2.45) is 5.73 Å². The van der Waals surface area contributed by atoms with E-state index in [0.717, 1.165) is 0 Å². The van der Waals surface area contributed by atoms with Gasteiger partial charge in [-0.1, -0.05) is 11.8 Å². The summed E-state index contributed by atoms with van der Waals surface area (Å²) < 4.78 is 1.66. The fraction of sp³-hybridized carbons (Fsp3) is 0.500. The van der Waals surface area contributed by atoms with Gasteiger partial charge in [0, 0.05) is 22.3 Å². The first-order valence-electron chi connectivity index (χ1n) is 6.13. The molecule has 0 spiro atoms. The molecule has 5 nitrogen and oxygen atoms in total. The van der Waals surface area contributed by atoms with Crippen LogP contribution in [0.5, 0.6) is 0 Å². The Morgan fingerprint density at radius 2 is 2.26 bits per heavy atom. The van der Waals surface area contributed by atoms with Gasteiger partial charge in [-0.05, 0) is 32.9 Å². The highest BCUT2D eigenvalue weighted by Crippen LogP contribution is 2.36. The molecule has 0 aliphatic rings. The Morgan fingerprint density at radius 3 is 2.79 bits per heavy atom. The highest BCUT2D eigenvalue weighted by molar-refractivity contribution is 7.99. The van der Waals surface area contributed by atoms with E-state index in [1.807, 2.05) is 13.8 Å². The van der Waals surface area contributed by atoms with Crippen LogP contribution in [0.1, 0.15) is 34.9 Å². The summed E-state index contributed by atoms with van der Waals surface area (Å²) in [6, 6.07) is 4.26. The van der Waals surface area contributed by atoms with Gasteiger partial charge < -0.3 is 5.73 Å². The smallest absolute Gasteiger partial charge is 0.329 e. The molecule has 2 rings (SSSR count). The molecule has 0 fully saturated rings. The number of hydrogen-bond acceptors (Lipinski definition) is 5. The molecule has 2 heterocycles. The number of aryl methyl sites for hydroxylation is 1. The predicted octanol–water partition coefficient (Wildman–Crippen LogP) is 2.31. The number of nitrogens with two attached hydrogens (primary N) is 1. The fourth-order valence-electron chi connectivity index (χ4n) is 1.80. The summed E-state index contributed by atoms with van der Waals surface area (Å²) in [7, 11) is 0. The number of nitrogens with zero attached hydrogens (tertiary/aromatic N) is 2. The van der Waals surface area contributed by atoms with Gasteiger partial charge in [0.15, 0.2) is 5.16 Å². The van der Waals surface area contributed by atoms with E-state index < -0.39 is 0 Å². The van der Waals surface area contributed by atoms with E-state index in [4.69, 9.17) is 5.73 Å². The van der Waals surface area contributed by atoms with E-state index in [2.05, 4.69) is 29.3 Å². The van der Waals surface area contributed by atoms with Gasteiger partial charge in [-0.15, -0.1) is 16.4 Å². The zero-order valence-corrected chi connectivity index (χ0v) is 12.8. The molecule has 19 heavy (non-hydrogen) atoms. The Balaban J connectivity index is 2.26. The molecule has 3 N–H and O–H groups in total. The lowest BCUT2D eigenvalue weighted by Gasteiger charge is -2.14. The van der Waals surface area contributed by atoms with E-state index in [1.54, 1.807) is 15.9 Å². The number of H-pyrrole nitrogens is 1. The Labute approximate surface area is 120 Å². The molecular weight excluding hydrogens is 280 g/mol. The Hall–Kier alpha value is -1.05. The van der Waals surface area contributed by atoms with Crippen molar-refractivity contribution >= 4 is 23.1 Å². The number of thioether (sulfide) groups is 1. The summed E-state index contributed by atoms with van der Waals surface area (Å²) in [6.45, 7) is 6.52. The predicted molar refractivity (Wildman–Crippen MR) is 79.9 cm³/mol. The van der Waals surface area contributed by atoms with E-state index in [0.29, 0.717) is 11.7 Å². The minimum Gasteiger partial charge on any atom is -0.329 e. The lowest BCUT2D eigenvalue weighted by molar-refractivity contribution is 0.533. The molecule has 0 saturated carbocycles. The average molecular weight is 298 g/mol. The summed E-state index contributed by atoms with van der Waals surface area (Å²) in [4.78, 5) is 14.2. The molecular formula is C12H18N4OS2. The van der Waals surface area contributed by atoms with Crippen LogP contribution in [0.15, 0.2) is 22.1 Å². The molecule has 1 atom stereocenters. The molecule has 0 aliphatic carbocycles. The van der Waals surface area contributed by atoms with Crippen LogP contribution in [0.3, 0.4) is 0 Å². The molecule has 104 valence electrons. The fourth-order valence-corrected chi connectivity index (χ4v) is 4.02. The van der Waals surface area contributed by atoms with Gasteiger partial charge >= 0.3 is 5.69 Å². The van der Waals surface area contributed by atoms with Gasteiger partial charge in [-0.3, -0.25) is 4.57 Å². The van der Waals surface area contributed by atoms with Crippen molar-refractivity contribution in [1.82, 2.24) is 14.8 Å². The van der Waals surface area contributed by atoms with E-state index in [9.17, 15) is 4.79 Å². The van der Waals surface area contributed by atoms with Crippen LogP contribution < -0.4 is 11.4 Å². The van der Waals surface area contributed by atoms with Crippen molar-refractivity contribution in [1.29, 1.82) is 0 Å². The van der Waals surface area contributed by atoms with Crippen molar-refractivity contribution in [2.45, 2.75) is 37.2 Å². The van der Waals surface area contributed by atoms with E-state index in [1.165, 1.54) is 21.5 Å². The number of hydrogen-bond donors (Lipinski definition) is 2. The van der Waals surface area contributed by atoms with Crippen LogP contribution in [-0.2, 0) is 0 Å². The summed E-state index contributed by atoms with van der Waals surface area (Å²) in [5, 5.41) is 7.43. The lowest BCUT2D eigenvalue weighted by atomic mass is 10.3. The first kappa shape index (κ1) is 14.4. The van der Waals surface area contributed by atoms with Crippen molar-refractivity contribution in [2.75, 3.05) is 6.54 Å². The maximum atomic E-state index is 11.7. The van der Waals surface area contributed by atoms with Gasteiger partial charge in [-0.2, -0.15) is 0 Å². The third kappa shape index (κ3) is 3.10. The molecule has 1 unspecified atom stereocenters. The van der Waals surface area contributed by atoms with Crippen LogP contribution in [0.2, 0.25) is 0 Å². The Bertz CT molecular complexity index is 599. The molecule has 2 aromatic heterocycles. The topological polar surface area (TPSA) is 76.7 Å². The number of thiophene rings is 1. The van der Waals surface area contributed by atoms with Crippen molar-refractivity contribution in [3.05, 3.63) is 32.4 Å². The van der Waals surface area contributed by atoms with Crippen LogP contribution in [0.4, 0.5) is 0 Å². The minimum absolute atomic E-state index is 0.0808. The Kier molecular flexibility index (Phi) is 4.49. The van der Waals surface area contributed by atoms with Crippen LogP contribution in [0.25, 0.3) is 0 Å². The summed E-state index contributed by atoms with van der Waals surface area (Å²) >= 11 is 3.27.